The smallest absolute Gasteiger partial charge is 0.113 e. The number of rotatable bonds is 4. The monoisotopic (exact) mass is 278 g/mol. The summed E-state index contributed by atoms with van der Waals surface area (Å²) in [5.41, 5.74) is 1.93. The minimum atomic E-state index is 0.174. The third kappa shape index (κ3) is 2.59. The van der Waals surface area contributed by atoms with Crippen LogP contribution in [0.15, 0.2) is 0 Å². The van der Waals surface area contributed by atoms with Crippen LogP contribution in [0.3, 0.4) is 0 Å². The second-order valence-electron chi connectivity index (χ2n) is 7.22. The van der Waals surface area contributed by atoms with E-state index < -0.39 is 0 Å². The average molecular weight is 278 g/mol. The zero-order valence-corrected chi connectivity index (χ0v) is 13.5. The van der Waals surface area contributed by atoms with E-state index in [1.807, 2.05) is 11.3 Å². The van der Waals surface area contributed by atoms with Gasteiger partial charge in [-0.25, -0.2) is 4.98 Å². The largest absolute Gasteiger partial charge is 0.303 e. The Hall–Kier alpha value is -0.410. The van der Waals surface area contributed by atoms with Gasteiger partial charge in [-0.15, -0.1) is 11.3 Å². The van der Waals surface area contributed by atoms with Crippen LogP contribution in [0.25, 0.3) is 0 Å². The predicted octanol–water partition coefficient (Wildman–Crippen LogP) is 4.17. The summed E-state index contributed by atoms with van der Waals surface area (Å²) in [4.78, 5) is 6.40. The van der Waals surface area contributed by atoms with E-state index in [2.05, 4.69) is 33.0 Å². The first-order chi connectivity index (χ1) is 8.94. The number of thiazole rings is 1. The fourth-order valence-electron chi connectivity index (χ4n) is 3.49. The Morgan fingerprint density at radius 1 is 1.32 bits per heavy atom. The molecule has 1 N–H and O–H groups in total. The highest BCUT2D eigenvalue weighted by molar-refractivity contribution is 7.11. The van der Waals surface area contributed by atoms with E-state index in [1.165, 1.54) is 47.7 Å². The third-order valence-electron chi connectivity index (χ3n) is 4.70. The van der Waals surface area contributed by atoms with E-state index in [0.717, 1.165) is 12.5 Å². The summed E-state index contributed by atoms with van der Waals surface area (Å²) in [5.74, 6) is 0. The van der Waals surface area contributed by atoms with Gasteiger partial charge in [-0.1, -0.05) is 20.8 Å². The lowest BCUT2D eigenvalue weighted by molar-refractivity contribution is 0.285. The summed E-state index contributed by atoms with van der Waals surface area (Å²) in [6, 6.07) is 0.753. The quantitative estimate of drug-likeness (QED) is 0.894. The number of nitrogens with one attached hydrogen (secondary N) is 1. The highest BCUT2D eigenvalue weighted by Crippen LogP contribution is 2.51. The molecule has 19 heavy (non-hydrogen) atoms. The Kier molecular flexibility index (Phi) is 3.25. The van der Waals surface area contributed by atoms with Crippen molar-refractivity contribution < 1.29 is 0 Å². The Labute approximate surface area is 121 Å². The molecule has 3 heteroatoms. The van der Waals surface area contributed by atoms with Crippen LogP contribution in [0.1, 0.15) is 68.5 Å². The van der Waals surface area contributed by atoms with E-state index in [1.54, 1.807) is 0 Å². The Morgan fingerprint density at radius 2 is 2.05 bits per heavy atom. The van der Waals surface area contributed by atoms with E-state index in [9.17, 15) is 0 Å². The lowest BCUT2D eigenvalue weighted by atomic mass is 9.88. The van der Waals surface area contributed by atoms with Crippen molar-refractivity contribution in [2.75, 3.05) is 0 Å². The number of hydrogen-bond donors (Lipinski definition) is 1. The fraction of sp³-hybridized carbons (Fsp3) is 0.812. The van der Waals surface area contributed by atoms with Crippen LogP contribution in [0.5, 0.6) is 0 Å². The standard InChI is InChI=1S/C16H26N2S/c1-5-13-11(2)19-14(17-13)16(18-12-6-7-12)9-8-15(3,4)10-16/h12,18H,5-10H2,1-4H3. The summed E-state index contributed by atoms with van der Waals surface area (Å²) in [7, 11) is 0. The van der Waals surface area contributed by atoms with Gasteiger partial charge in [0.2, 0.25) is 0 Å². The summed E-state index contributed by atoms with van der Waals surface area (Å²) in [6.07, 6.45) is 7.58. The second kappa shape index (κ2) is 4.56. The van der Waals surface area contributed by atoms with Gasteiger partial charge in [-0.3, -0.25) is 0 Å². The van der Waals surface area contributed by atoms with Gasteiger partial charge in [0.15, 0.2) is 0 Å². The zero-order chi connectivity index (χ0) is 13.7. The highest BCUT2D eigenvalue weighted by atomic mass is 32.1. The molecule has 1 aromatic heterocycles. The molecule has 2 aliphatic rings. The first-order valence-corrected chi connectivity index (χ1v) is 8.50. The van der Waals surface area contributed by atoms with Gasteiger partial charge in [-0.05, 0) is 50.9 Å². The first-order valence-electron chi connectivity index (χ1n) is 7.69. The molecular formula is C16H26N2S. The molecule has 2 fully saturated rings. The second-order valence-corrected chi connectivity index (χ2v) is 8.42. The van der Waals surface area contributed by atoms with Crippen molar-refractivity contribution in [3.63, 3.8) is 0 Å². The maximum absolute atomic E-state index is 4.98. The molecule has 0 radical (unpaired) electrons. The molecule has 106 valence electrons. The van der Waals surface area contributed by atoms with Crippen LogP contribution in [0, 0.1) is 12.3 Å². The molecule has 0 spiro atoms. The molecule has 1 heterocycles. The van der Waals surface area contributed by atoms with Gasteiger partial charge in [0.25, 0.3) is 0 Å². The molecule has 1 aromatic rings. The van der Waals surface area contributed by atoms with Gasteiger partial charge in [0.05, 0.1) is 11.2 Å². The van der Waals surface area contributed by atoms with E-state index in [0.29, 0.717) is 5.41 Å². The molecule has 2 nitrogen and oxygen atoms in total. The normalized spacial score (nSPS) is 29.9. The van der Waals surface area contributed by atoms with Crippen LogP contribution < -0.4 is 5.32 Å². The highest BCUT2D eigenvalue weighted by Gasteiger charge is 2.48. The Balaban J connectivity index is 1.94. The van der Waals surface area contributed by atoms with Crippen molar-refractivity contribution in [3.05, 3.63) is 15.6 Å². The zero-order valence-electron chi connectivity index (χ0n) is 12.7. The molecule has 0 aromatic carbocycles. The Bertz CT molecular complexity index is 473. The molecule has 0 saturated heterocycles. The number of aromatic nitrogens is 1. The lowest BCUT2D eigenvalue weighted by Crippen LogP contribution is -2.42. The van der Waals surface area contributed by atoms with Gasteiger partial charge < -0.3 is 5.32 Å². The average Bonchev–Trinajstić information content (AvgIpc) is 2.97. The van der Waals surface area contributed by atoms with Crippen molar-refractivity contribution in [1.29, 1.82) is 0 Å². The molecule has 2 aliphatic carbocycles. The molecule has 1 atom stereocenters. The van der Waals surface area contributed by atoms with Crippen molar-refractivity contribution in [2.45, 2.75) is 77.8 Å². The van der Waals surface area contributed by atoms with Gasteiger partial charge in [0.1, 0.15) is 5.01 Å². The summed E-state index contributed by atoms with van der Waals surface area (Å²) in [6.45, 7) is 9.26. The summed E-state index contributed by atoms with van der Waals surface area (Å²) in [5, 5.41) is 5.31. The predicted molar refractivity (Wildman–Crippen MR) is 81.7 cm³/mol. The van der Waals surface area contributed by atoms with Crippen LogP contribution >= 0.6 is 11.3 Å². The van der Waals surface area contributed by atoms with Crippen molar-refractivity contribution in [2.24, 2.45) is 5.41 Å². The number of aryl methyl sites for hydroxylation is 2. The number of nitrogens with zero attached hydrogens (tertiary/aromatic N) is 1. The van der Waals surface area contributed by atoms with Crippen LogP contribution in [0.2, 0.25) is 0 Å². The molecule has 1 unspecified atom stereocenters. The molecular weight excluding hydrogens is 252 g/mol. The SMILES string of the molecule is CCc1nc(C2(NC3CC3)CCC(C)(C)C2)sc1C. The van der Waals surface area contributed by atoms with E-state index in [4.69, 9.17) is 4.98 Å². The van der Waals surface area contributed by atoms with Gasteiger partial charge in [0, 0.05) is 10.9 Å². The molecule has 3 rings (SSSR count). The van der Waals surface area contributed by atoms with Crippen LogP contribution in [-0.2, 0) is 12.0 Å². The lowest BCUT2D eigenvalue weighted by Gasteiger charge is -2.30. The van der Waals surface area contributed by atoms with E-state index >= 15 is 0 Å². The van der Waals surface area contributed by atoms with Crippen molar-refractivity contribution in [1.82, 2.24) is 10.3 Å². The Morgan fingerprint density at radius 3 is 2.53 bits per heavy atom. The van der Waals surface area contributed by atoms with Crippen molar-refractivity contribution in [3.8, 4) is 0 Å². The third-order valence-corrected chi connectivity index (χ3v) is 5.92. The van der Waals surface area contributed by atoms with Crippen molar-refractivity contribution >= 4 is 11.3 Å². The molecule has 0 bridgehead atoms. The maximum atomic E-state index is 4.98. The molecule has 2 saturated carbocycles. The fourth-order valence-corrected chi connectivity index (χ4v) is 4.67. The first kappa shape index (κ1) is 13.6. The minimum Gasteiger partial charge on any atom is -0.303 e. The number of hydrogen-bond acceptors (Lipinski definition) is 3. The van der Waals surface area contributed by atoms with Gasteiger partial charge >= 0.3 is 0 Å². The molecule has 0 aliphatic heterocycles. The van der Waals surface area contributed by atoms with Gasteiger partial charge in [-0.2, -0.15) is 0 Å². The van der Waals surface area contributed by atoms with E-state index in [-0.39, 0.29) is 5.54 Å². The van der Waals surface area contributed by atoms with Crippen LogP contribution in [-0.4, -0.2) is 11.0 Å². The summed E-state index contributed by atoms with van der Waals surface area (Å²) >= 11 is 1.93. The maximum Gasteiger partial charge on any atom is 0.113 e. The minimum absolute atomic E-state index is 0.174. The topological polar surface area (TPSA) is 24.9 Å². The summed E-state index contributed by atoms with van der Waals surface area (Å²) < 4.78 is 0. The molecule has 0 amide bonds. The van der Waals surface area contributed by atoms with Crippen LogP contribution in [0.4, 0.5) is 0 Å².